The fourth-order valence-corrected chi connectivity index (χ4v) is 3.65. The summed E-state index contributed by atoms with van der Waals surface area (Å²) in [4.78, 5) is 0. The fraction of sp³-hybridized carbons (Fsp3) is 0.250. The number of hydrogen-bond acceptors (Lipinski definition) is 4. The van der Waals surface area contributed by atoms with Gasteiger partial charge in [-0.1, -0.05) is 52.0 Å². The Morgan fingerprint density at radius 1 is 0.500 bits per heavy atom. The lowest BCUT2D eigenvalue weighted by molar-refractivity contribution is 0.426. The van der Waals surface area contributed by atoms with Crippen LogP contribution in [-0.2, 0) is 10.8 Å². The van der Waals surface area contributed by atoms with E-state index in [1.54, 1.807) is 60.7 Å². The SMILES string of the molecule is CC(C)(c1ccc(O)cc1)c1cc(O)c(C(C)(C)c2ccc(O)cc2)cc1O. The van der Waals surface area contributed by atoms with Gasteiger partial charge in [-0.05, 0) is 47.5 Å². The van der Waals surface area contributed by atoms with E-state index in [0.29, 0.717) is 11.1 Å². The molecule has 0 saturated heterocycles. The van der Waals surface area contributed by atoms with Crippen molar-refractivity contribution < 1.29 is 20.4 Å². The predicted molar refractivity (Wildman–Crippen MR) is 110 cm³/mol. The zero-order valence-electron chi connectivity index (χ0n) is 16.6. The van der Waals surface area contributed by atoms with Crippen molar-refractivity contribution in [3.63, 3.8) is 0 Å². The van der Waals surface area contributed by atoms with E-state index in [0.717, 1.165) is 11.1 Å². The first-order valence-electron chi connectivity index (χ1n) is 9.19. The molecule has 0 aliphatic heterocycles. The number of phenols is 4. The topological polar surface area (TPSA) is 80.9 Å². The van der Waals surface area contributed by atoms with Gasteiger partial charge in [-0.3, -0.25) is 0 Å². The molecule has 0 fully saturated rings. The van der Waals surface area contributed by atoms with E-state index < -0.39 is 10.8 Å². The van der Waals surface area contributed by atoms with Gasteiger partial charge < -0.3 is 20.4 Å². The molecule has 0 radical (unpaired) electrons. The molecular weight excluding hydrogens is 352 g/mol. The van der Waals surface area contributed by atoms with Gasteiger partial charge >= 0.3 is 0 Å². The van der Waals surface area contributed by atoms with Crippen molar-refractivity contribution in [3.05, 3.63) is 82.9 Å². The molecule has 28 heavy (non-hydrogen) atoms. The maximum atomic E-state index is 10.8. The zero-order chi connectivity index (χ0) is 20.7. The highest BCUT2D eigenvalue weighted by Gasteiger charge is 2.32. The standard InChI is InChI=1S/C24H26O4/c1-23(2,15-5-9-17(25)10-6-15)19-13-22(28)20(14-21(19)27)24(3,4)16-7-11-18(26)12-8-16/h5-14,25-28H,1-4H3. The van der Waals surface area contributed by atoms with E-state index >= 15 is 0 Å². The predicted octanol–water partition coefficient (Wildman–Crippen LogP) is 5.16. The van der Waals surface area contributed by atoms with Crippen LogP contribution in [-0.4, -0.2) is 20.4 Å². The van der Waals surface area contributed by atoms with Crippen molar-refractivity contribution in [2.75, 3.05) is 0 Å². The van der Waals surface area contributed by atoms with Gasteiger partial charge in [0.2, 0.25) is 0 Å². The molecular formula is C24H26O4. The molecule has 0 spiro atoms. The largest absolute Gasteiger partial charge is 0.508 e. The molecule has 0 bridgehead atoms. The molecule has 0 saturated carbocycles. The first-order valence-corrected chi connectivity index (χ1v) is 9.19. The fourth-order valence-electron chi connectivity index (χ4n) is 3.65. The highest BCUT2D eigenvalue weighted by molar-refractivity contribution is 5.56. The van der Waals surface area contributed by atoms with Gasteiger partial charge in [-0.15, -0.1) is 0 Å². The third-order valence-corrected chi connectivity index (χ3v) is 5.64. The lowest BCUT2D eigenvalue weighted by atomic mass is 9.73. The van der Waals surface area contributed by atoms with E-state index in [-0.39, 0.29) is 23.0 Å². The van der Waals surface area contributed by atoms with Gasteiger partial charge in [0.15, 0.2) is 0 Å². The minimum absolute atomic E-state index is 0.0951. The van der Waals surface area contributed by atoms with Gasteiger partial charge in [0.05, 0.1) is 0 Å². The Labute approximate surface area is 165 Å². The van der Waals surface area contributed by atoms with E-state index in [4.69, 9.17) is 0 Å². The van der Waals surface area contributed by atoms with Crippen LogP contribution in [0.2, 0.25) is 0 Å². The normalized spacial score (nSPS) is 12.1. The first kappa shape index (κ1) is 19.6. The van der Waals surface area contributed by atoms with Gasteiger partial charge in [-0.2, -0.15) is 0 Å². The van der Waals surface area contributed by atoms with E-state index in [9.17, 15) is 20.4 Å². The molecule has 4 N–H and O–H groups in total. The van der Waals surface area contributed by atoms with Crippen LogP contribution in [0.5, 0.6) is 23.0 Å². The van der Waals surface area contributed by atoms with Crippen molar-refractivity contribution in [1.82, 2.24) is 0 Å². The van der Waals surface area contributed by atoms with Crippen molar-refractivity contribution >= 4 is 0 Å². The van der Waals surface area contributed by atoms with Crippen LogP contribution in [0.15, 0.2) is 60.7 Å². The summed E-state index contributed by atoms with van der Waals surface area (Å²) in [7, 11) is 0. The molecule has 0 aliphatic carbocycles. The van der Waals surface area contributed by atoms with E-state index in [1.165, 1.54) is 0 Å². The summed E-state index contributed by atoms with van der Waals surface area (Å²) in [6, 6.07) is 16.9. The van der Waals surface area contributed by atoms with Gasteiger partial charge in [-0.25, -0.2) is 0 Å². The molecule has 0 atom stereocenters. The highest BCUT2D eigenvalue weighted by atomic mass is 16.3. The van der Waals surface area contributed by atoms with Crippen molar-refractivity contribution in [2.24, 2.45) is 0 Å². The average molecular weight is 378 g/mol. The first-order chi connectivity index (χ1) is 13.0. The molecule has 0 heterocycles. The Bertz CT molecular complexity index is 901. The van der Waals surface area contributed by atoms with Crippen LogP contribution >= 0.6 is 0 Å². The minimum atomic E-state index is -0.573. The Balaban J connectivity index is 2.08. The van der Waals surface area contributed by atoms with Crippen molar-refractivity contribution in [3.8, 4) is 23.0 Å². The summed E-state index contributed by atoms with van der Waals surface area (Å²) >= 11 is 0. The van der Waals surface area contributed by atoms with Crippen LogP contribution in [0.4, 0.5) is 0 Å². The lowest BCUT2D eigenvalue weighted by Crippen LogP contribution is -2.22. The maximum absolute atomic E-state index is 10.8. The van der Waals surface area contributed by atoms with Gasteiger partial charge in [0, 0.05) is 22.0 Å². The molecule has 3 aromatic carbocycles. The van der Waals surface area contributed by atoms with Crippen LogP contribution in [0.25, 0.3) is 0 Å². The van der Waals surface area contributed by atoms with Gasteiger partial charge in [0.1, 0.15) is 23.0 Å². The Kier molecular flexibility index (Phi) is 4.76. The number of benzene rings is 3. The molecule has 0 aliphatic rings. The monoisotopic (exact) mass is 378 g/mol. The number of aromatic hydroxyl groups is 4. The lowest BCUT2D eigenvalue weighted by Gasteiger charge is -2.31. The Hall–Kier alpha value is -3.14. The number of rotatable bonds is 4. The molecule has 0 amide bonds. The number of phenolic OH excluding ortho intramolecular Hbond substituents is 4. The molecule has 4 nitrogen and oxygen atoms in total. The second kappa shape index (κ2) is 6.79. The van der Waals surface area contributed by atoms with Gasteiger partial charge in [0.25, 0.3) is 0 Å². The van der Waals surface area contributed by atoms with Crippen molar-refractivity contribution in [2.45, 2.75) is 38.5 Å². The van der Waals surface area contributed by atoms with Crippen LogP contribution in [0.3, 0.4) is 0 Å². The highest BCUT2D eigenvalue weighted by Crippen LogP contribution is 2.45. The smallest absolute Gasteiger partial charge is 0.120 e. The van der Waals surface area contributed by atoms with Crippen LogP contribution < -0.4 is 0 Å². The summed E-state index contributed by atoms with van der Waals surface area (Å²) in [6.07, 6.45) is 0. The molecule has 146 valence electrons. The number of hydrogen-bond donors (Lipinski definition) is 4. The zero-order valence-corrected chi connectivity index (χ0v) is 16.6. The second-order valence-corrected chi connectivity index (χ2v) is 8.23. The summed E-state index contributed by atoms with van der Waals surface area (Å²) in [6.45, 7) is 7.83. The molecule has 0 unspecified atom stereocenters. The molecule has 0 aromatic heterocycles. The van der Waals surface area contributed by atoms with E-state index in [2.05, 4.69) is 0 Å². The molecule has 3 rings (SSSR count). The second-order valence-electron chi connectivity index (χ2n) is 8.23. The van der Waals surface area contributed by atoms with Crippen LogP contribution in [0.1, 0.15) is 49.9 Å². The maximum Gasteiger partial charge on any atom is 0.120 e. The van der Waals surface area contributed by atoms with Crippen molar-refractivity contribution in [1.29, 1.82) is 0 Å². The summed E-state index contributed by atoms with van der Waals surface area (Å²) in [5, 5.41) is 40.7. The summed E-state index contributed by atoms with van der Waals surface area (Å²) in [5.74, 6) is 0.547. The minimum Gasteiger partial charge on any atom is -0.508 e. The summed E-state index contributed by atoms with van der Waals surface area (Å²) in [5.41, 5.74) is 1.87. The third kappa shape index (κ3) is 3.38. The molecule has 3 aromatic rings. The third-order valence-electron chi connectivity index (χ3n) is 5.64. The quantitative estimate of drug-likeness (QED) is 0.473. The summed E-state index contributed by atoms with van der Waals surface area (Å²) < 4.78 is 0. The van der Waals surface area contributed by atoms with E-state index in [1.807, 2.05) is 27.7 Å². The average Bonchev–Trinajstić information content (AvgIpc) is 2.63. The Morgan fingerprint density at radius 3 is 1.07 bits per heavy atom. The molecule has 4 heteroatoms. The Morgan fingerprint density at radius 2 is 0.786 bits per heavy atom. The van der Waals surface area contributed by atoms with Crippen LogP contribution in [0, 0.1) is 0 Å².